The van der Waals surface area contributed by atoms with E-state index in [-0.39, 0.29) is 29.8 Å². The van der Waals surface area contributed by atoms with Gasteiger partial charge in [-0.25, -0.2) is 13.6 Å². The third-order valence-electron chi connectivity index (χ3n) is 4.48. The number of amides is 1. The molecular weight excluding hydrogens is 406 g/mol. The molecule has 1 heterocycles. The molecule has 29 heavy (non-hydrogen) atoms. The maximum atomic E-state index is 15.1. The predicted molar refractivity (Wildman–Crippen MR) is 104 cm³/mol. The molecule has 7 nitrogen and oxygen atoms in total. The molecule has 0 aliphatic carbocycles. The van der Waals surface area contributed by atoms with E-state index >= 15 is 4.39 Å². The number of Topliss-reactive ketones (excluding diaryl/α,β-unsaturated/α-hetero) is 1. The summed E-state index contributed by atoms with van der Waals surface area (Å²) in [6, 6.07) is 3.39. The number of aryl methyl sites for hydroxylation is 1. The third-order valence-corrected chi connectivity index (χ3v) is 4.77. The van der Waals surface area contributed by atoms with E-state index in [0.717, 1.165) is 4.90 Å². The van der Waals surface area contributed by atoms with Crippen molar-refractivity contribution in [1.82, 2.24) is 4.90 Å². The average molecular weight is 429 g/mol. The second kappa shape index (κ2) is 8.97. The lowest BCUT2D eigenvalue weighted by Gasteiger charge is -2.28. The van der Waals surface area contributed by atoms with Crippen molar-refractivity contribution in [3.8, 4) is 0 Å². The normalized spacial score (nSPS) is 21.6. The van der Waals surface area contributed by atoms with Gasteiger partial charge in [-0.2, -0.15) is 0 Å². The maximum absolute atomic E-state index is 15.1. The lowest BCUT2D eigenvalue weighted by molar-refractivity contribution is -0.123. The number of rotatable bonds is 6. The van der Waals surface area contributed by atoms with Crippen LogP contribution in [0.15, 0.2) is 23.3 Å². The SMILES string of the molecule is CC(C)(C)OC(=O)N1C[C@](F)(CN=[N+]=[N-])C[C@H]1C(=O)CCc1cccc(Cl)c1F. The van der Waals surface area contributed by atoms with Crippen molar-refractivity contribution in [2.24, 2.45) is 5.11 Å². The molecule has 0 saturated carbocycles. The molecule has 0 radical (unpaired) electrons. The van der Waals surface area contributed by atoms with Crippen LogP contribution in [0.3, 0.4) is 0 Å². The number of ether oxygens (including phenoxy) is 1. The molecule has 1 fully saturated rings. The molecule has 10 heteroatoms. The standard InChI is InChI=1S/C19H23ClF2N4O3/c1-18(2,3)29-17(28)26-11-19(22,10-24-25-23)9-14(26)15(27)8-7-12-5-4-6-13(20)16(12)21/h4-6,14H,7-11H2,1-3H3/t14-,19+/m0/s1. The molecule has 1 amide bonds. The minimum Gasteiger partial charge on any atom is -0.444 e. The van der Waals surface area contributed by atoms with Gasteiger partial charge in [0.2, 0.25) is 0 Å². The van der Waals surface area contributed by atoms with Crippen molar-refractivity contribution < 1.29 is 23.1 Å². The van der Waals surface area contributed by atoms with Crippen LogP contribution in [0.4, 0.5) is 13.6 Å². The smallest absolute Gasteiger partial charge is 0.411 e. The predicted octanol–water partition coefficient (Wildman–Crippen LogP) is 5.01. The van der Waals surface area contributed by atoms with Crippen LogP contribution in [0, 0.1) is 5.82 Å². The second-order valence-corrected chi connectivity index (χ2v) is 8.45. The van der Waals surface area contributed by atoms with E-state index in [1.165, 1.54) is 12.1 Å². The van der Waals surface area contributed by atoms with E-state index in [1.807, 2.05) is 0 Å². The Hall–Kier alpha value is -2.38. The van der Waals surface area contributed by atoms with Crippen LogP contribution in [0.2, 0.25) is 5.02 Å². The number of alkyl halides is 1. The molecule has 1 aromatic rings. The first kappa shape index (κ1) is 22.9. The fourth-order valence-electron chi connectivity index (χ4n) is 3.18. The summed E-state index contributed by atoms with van der Waals surface area (Å²) >= 11 is 5.75. The minimum atomic E-state index is -2.04. The molecule has 0 N–H and O–H groups in total. The van der Waals surface area contributed by atoms with Crippen LogP contribution in [0.5, 0.6) is 0 Å². The number of azide groups is 1. The first-order valence-corrected chi connectivity index (χ1v) is 9.48. The summed E-state index contributed by atoms with van der Waals surface area (Å²) in [5, 5.41) is 3.20. The summed E-state index contributed by atoms with van der Waals surface area (Å²) in [5.41, 5.74) is 5.86. The van der Waals surface area contributed by atoms with Gasteiger partial charge >= 0.3 is 6.09 Å². The fourth-order valence-corrected chi connectivity index (χ4v) is 3.37. The van der Waals surface area contributed by atoms with E-state index in [9.17, 15) is 14.0 Å². The van der Waals surface area contributed by atoms with Gasteiger partial charge in [0.25, 0.3) is 0 Å². The van der Waals surface area contributed by atoms with Crippen molar-refractivity contribution in [2.75, 3.05) is 13.1 Å². The second-order valence-electron chi connectivity index (χ2n) is 8.05. The quantitative estimate of drug-likeness (QED) is 0.362. The first-order chi connectivity index (χ1) is 13.5. The van der Waals surface area contributed by atoms with Crippen molar-refractivity contribution in [2.45, 2.75) is 57.3 Å². The Morgan fingerprint density at radius 1 is 1.45 bits per heavy atom. The largest absolute Gasteiger partial charge is 0.444 e. The zero-order valence-electron chi connectivity index (χ0n) is 16.5. The van der Waals surface area contributed by atoms with Crippen LogP contribution in [0.1, 0.15) is 39.2 Å². The van der Waals surface area contributed by atoms with Crippen LogP contribution in [0.25, 0.3) is 10.4 Å². The van der Waals surface area contributed by atoms with E-state index in [1.54, 1.807) is 26.8 Å². The Kier molecular flexibility index (Phi) is 7.08. The number of hydrogen-bond donors (Lipinski definition) is 0. The van der Waals surface area contributed by atoms with Crippen LogP contribution in [-0.2, 0) is 16.0 Å². The monoisotopic (exact) mass is 428 g/mol. The van der Waals surface area contributed by atoms with Crippen LogP contribution < -0.4 is 0 Å². The molecule has 0 spiro atoms. The van der Waals surface area contributed by atoms with Crippen molar-refractivity contribution >= 4 is 23.5 Å². The van der Waals surface area contributed by atoms with E-state index < -0.39 is 48.1 Å². The van der Waals surface area contributed by atoms with Crippen molar-refractivity contribution in [3.63, 3.8) is 0 Å². The molecule has 1 aromatic carbocycles. The number of benzene rings is 1. The van der Waals surface area contributed by atoms with Gasteiger partial charge in [0.15, 0.2) is 5.78 Å². The van der Waals surface area contributed by atoms with Crippen LogP contribution >= 0.6 is 11.6 Å². The summed E-state index contributed by atoms with van der Waals surface area (Å²) in [6.45, 7) is 4.03. The van der Waals surface area contributed by atoms with Crippen molar-refractivity contribution in [3.05, 3.63) is 45.0 Å². The first-order valence-electron chi connectivity index (χ1n) is 9.11. The fraction of sp³-hybridized carbons (Fsp3) is 0.579. The molecule has 1 aliphatic heterocycles. The number of carbonyl (C=O) groups excluding carboxylic acids is 2. The molecule has 2 rings (SSSR count). The van der Waals surface area contributed by atoms with Gasteiger partial charge in [-0.05, 0) is 44.4 Å². The van der Waals surface area contributed by atoms with Gasteiger partial charge < -0.3 is 4.74 Å². The van der Waals surface area contributed by atoms with E-state index in [0.29, 0.717) is 0 Å². The Labute approximate surface area is 172 Å². The highest BCUT2D eigenvalue weighted by Gasteiger charge is 2.49. The van der Waals surface area contributed by atoms with Gasteiger partial charge in [0, 0.05) is 17.8 Å². The lowest BCUT2D eigenvalue weighted by Crippen LogP contribution is -2.44. The zero-order valence-corrected chi connectivity index (χ0v) is 17.2. The van der Waals surface area contributed by atoms with Gasteiger partial charge in [0.1, 0.15) is 17.1 Å². The Morgan fingerprint density at radius 2 is 2.14 bits per heavy atom. The molecule has 0 unspecified atom stereocenters. The highest BCUT2D eigenvalue weighted by Crippen LogP contribution is 2.34. The molecule has 0 bridgehead atoms. The number of carbonyl (C=O) groups is 2. The number of likely N-dealkylation sites (tertiary alicyclic amines) is 1. The molecule has 158 valence electrons. The molecule has 0 aromatic heterocycles. The number of halogens is 3. The van der Waals surface area contributed by atoms with E-state index in [2.05, 4.69) is 10.0 Å². The van der Waals surface area contributed by atoms with Gasteiger partial charge in [-0.3, -0.25) is 9.69 Å². The van der Waals surface area contributed by atoms with Gasteiger partial charge in [0.05, 0.1) is 24.2 Å². The number of hydrogen-bond acceptors (Lipinski definition) is 4. The number of nitrogens with zero attached hydrogens (tertiary/aromatic N) is 4. The highest BCUT2D eigenvalue weighted by molar-refractivity contribution is 6.30. The molecular formula is C19H23ClF2N4O3. The average Bonchev–Trinajstić information content (AvgIpc) is 2.98. The van der Waals surface area contributed by atoms with E-state index in [4.69, 9.17) is 21.9 Å². The summed E-state index contributed by atoms with van der Waals surface area (Å²) in [5.74, 6) is -1.05. The van der Waals surface area contributed by atoms with Gasteiger partial charge in [-0.15, -0.1) is 0 Å². The Balaban J connectivity index is 2.18. The summed E-state index contributed by atoms with van der Waals surface area (Å²) < 4.78 is 34.4. The Morgan fingerprint density at radius 3 is 2.76 bits per heavy atom. The molecule has 2 atom stereocenters. The Bertz CT molecular complexity index is 839. The third kappa shape index (κ3) is 6.05. The highest BCUT2D eigenvalue weighted by atomic mass is 35.5. The summed E-state index contributed by atoms with van der Waals surface area (Å²) in [4.78, 5) is 28.9. The topological polar surface area (TPSA) is 95.4 Å². The molecule has 1 saturated heterocycles. The zero-order chi connectivity index (χ0) is 21.8. The summed E-state index contributed by atoms with van der Waals surface area (Å²) in [6.07, 6.45) is -1.20. The van der Waals surface area contributed by atoms with Crippen LogP contribution in [-0.4, -0.2) is 47.2 Å². The maximum Gasteiger partial charge on any atom is 0.411 e. The lowest BCUT2D eigenvalue weighted by atomic mass is 9.97. The van der Waals surface area contributed by atoms with Gasteiger partial charge in [-0.1, -0.05) is 28.8 Å². The summed E-state index contributed by atoms with van der Waals surface area (Å²) in [7, 11) is 0. The molecule has 1 aliphatic rings. The van der Waals surface area contributed by atoms with Crippen molar-refractivity contribution in [1.29, 1.82) is 0 Å². The number of ketones is 1. The minimum absolute atomic E-state index is 0.0525.